The van der Waals surface area contributed by atoms with Crippen LogP contribution in [-0.2, 0) is 4.79 Å². The maximum absolute atomic E-state index is 10.5. The highest BCUT2D eigenvalue weighted by Crippen LogP contribution is 2.23. The lowest BCUT2D eigenvalue weighted by molar-refractivity contribution is -0.118. The number of hydrogen-bond donors (Lipinski definition) is 2. The third-order valence-electron chi connectivity index (χ3n) is 2.97. The molecule has 0 spiro atoms. The highest BCUT2D eigenvalue weighted by atomic mass is 16.1. The van der Waals surface area contributed by atoms with Gasteiger partial charge in [0.05, 0.1) is 0 Å². The van der Waals surface area contributed by atoms with Crippen LogP contribution in [0.15, 0.2) is 0 Å². The number of nitrogens with one attached hydrogen (secondary N) is 1. The molecule has 14 heavy (non-hydrogen) atoms. The van der Waals surface area contributed by atoms with Crippen molar-refractivity contribution in [3.8, 4) is 0 Å². The van der Waals surface area contributed by atoms with E-state index in [-0.39, 0.29) is 5.91 Å². The second-order valence-electron chi connectivity index (χ2n) is 4.49. The number of nitrogens with two attached hydrogens (primary N) is 1. The number of hydrogen-bond acceptors (Lipinski definition) is 2. The fraction of sp³-hybridized carbons (Fsp3) is 0.909. The lowest BCUT2D eigenvalue weighted by Gasteiger charge is -2.27. The second-order valence-corrected chi connectivity index (χ2v) is 4.49. The highest BCUT2D eigenvalue weighted by Gasteiger charge is 2.17. The Morgan fingerprint density at radius 2 is 2.29 bits per heavy atom. The van der Waals surface area contributed by atoms with E-state index in [1.165, 1.54) is 25.7 Å². The van der Waals surface area contributed by atoms with Gasteiger partial charge in [0.15, 0.2) is 0 Å². The summed E-state index contributed by atoms with van der Waals surface area (Å²) < 4.78 is 0. The summed E-state index contributed by atoms with van der Waals surface area (Å²) in [4.78, 5) is 10.5. The maximum Gasteiger partial charge on any atom is 0.217 e. The Kier molecular flexibility index (Phi) is 4.94. The Bertz CT molecular complexity index is 182. The van der Waals surface area contributed by atoms with Crippen molar-refractivity contribution in [3.63, 3.8) is 0 Å². The average Bonchev–Trinajstić information content (AvgIpc) is 2.12. The Balaban J connectivity index is 2.03. The van der Waals surface area contributed by atoms with Gasteiger partial charge in [0.2, 0.25) is 5.91 Å². The molecule has 0 aromatic carbocycles. The van der Waals surface area contributed by atoms with Gasteiger partial charge in [-0.25, -0.2) is 0 Å². The van der Waals surface area contributed by atoms with Crippen molar-refractivity contribution in [2.24, 2.45) is 11.7 Å². The van der Waals surface area contributed by atoms with E-state index in [0.717, 1.165) is 18.9 Å². The van der Waals surface area contributed by atoms with Crippen molar-refractivity contribution in [3.05, 3.63) is 0 Å². The summed E-state index contributed by atoms with van der Waals surface area (Å²) in [6.45, 7) is 3.25. The fourth-order valence-corrected chi connectivity index (χ4v) is 2.19. The molecule has 1 aliphatic rings. The van der Waals surface area contributed by atoms with Crippen molar-refractivity contribution >= 4 is 5.91 Å². The Morgan fingerprint density at radius 1 is 1.50 bits per heavy atom. The van der Waals surface area contributed by atoms with Crippen molar-refractivity contribution in [2.75, 3.05) is 6.54 Å². The second kappa shape index (κ2) is 6.02. The fourth-order valence-electron chi connectivity index (χ4n) is 2.19. The molecule has 0 bridgehead atoms. The molecule has 0 saturated heterocycles. The van der Waals surface area contributed by atoms with Crippen molar-refractivity contribution < 1.29 is 4.79 Å². The quantitative estimate of drug-likeness (QED) is 0.656. The predicted octanol–water partition coefficient (Wildman–Crippen LogP) is 1.42. The van der Waals surface area contributed by atoms with Crippen LogP contribution in [-0.4, -0.2) is 18.5 Å². The molecule has 0 aromatic rings. The topological polar surface area (TPSA) is 55.1 Å². The molecule has 3 heteroatoms. The normalized spacial score (nSPS) is 27.5. The van der Waals surface area contributed by atoms with Gasteiger partial charge in [-0.3, -0.25) is 4.79 Å². The molecule has 82 valence electrons. The maximum atomic E-state index is 10.5. The number of carbonyl (C=O) groups excluding carboxylic acids is 1. The van der Waals surface area contributed by atoms with Crippen LogP contribution < -0.4 is 11.1 Å². The van der Waals surface area contributed by atoms with Crippen molar-refractivity contribution in [1.29, 1.82) is 0 Å². The third kappa shape index (κ3) is 4.61. The van der Waals surface area contributed by atoms with E-state index in [1.54, 1.807) is 0 Å². The summed E-state index contributed by atoms with van der Waals surface area (Å²) in [5.74, 6) is 0.668. The van der Waals surface area contributed by atoms with Gasteiger partial charge in [-0.1, -0.05) is 19.8 Å². The molecule has 2 unspecified atom stereocenters. The first kappa shape index (κ1) is 11.5. The Hall–Kier alpha value is -0.570. The minimum absolute atomic E-state index is 0.191. The number of carbonyl (C=O) groups is 1. The molecular formula is C11H22N2O. The van der Waals surface area contributed by atoms with Gasteiger partial charge in [-0.05, 0) is 31.7 Å². The first-order chi connectivity index (χ1) is 6.68. The van der Waals surface area contributed by atoms with Gasteiger partial charge in [0, 0.05) is 12.5 Å². The number of rotatable bonds is 5. The van der Waals surface area contributed by atoms with Crippen LogP contribution in [0.5, 0.6) is 0 Å². The van der Waals surface area contributed by atoms with Gasteiger partial charge in [0.25, 0.3) is 0 Å². The number of primary amides is 1. The molecule has 1 saturated carbocycles. The van der Waals surface area contributed by atoms with Gasteiger partial charge < -0.3 is 11.1 Å². The zero-order valence-electron chi connectivity index (χ0n) is 9.09. The summed E-state index contributed by atoms with van der Waals surface area (Å²) in [5.41, 5.74) is 5.07. The van der Waals surface area contributed by atoms with E-state index >= 15 is 0 Å². The van der Waals surface area contributed by atoms with Crippen LogP contribution in [0.25, 0.3) is 0 Å². The predicted molar refractivity (Wildman–Crippen MR) is 57.9 cm³/mol. The minimum atomic E-state index is -0.191. The Labute approximate surface area is 86.4 Å². The van der Waals surface area contributed by atoms with Crippen LogP contribution >= 0.6 is 0 Å². The van der Waals surface area contributed by atoms with E-state index in [2.05, 4.69) is 12.2 Å². The number of amides is 1. The van der Waals surface area contributed by atoms with Gasteiger partial charge in [-0.2, -0.15) is 0 Å². The van der Waals surface area contributed by atoms with E-state index in [0.29, 0.717) is 12.5 Å². The van der Waals surface area contributed by atoms with Gasteiger partial charge in [0.1, 0.15) is 0 Å². The van der Waals surface area contributed by atoms with Crippen molar-refractivity contribution in [1.82, 2.24) is 5.32 Å². The molecule has 0 heterocycles. The Morgan fingerprint density at radius 3 is 2.93 bits per heavy atom. The first-order valence-electron chi connectivity index (χ1n) is 5.70. The van der Waals surface area contributed by atoms with Crippen LogP contribution in [0, 0.1) is 5.92 Å². The summed E-state index contributed by atoms with van der Waals surface area (Å²) in [6.07, 6.45) is 6.68. The van der Waals surface area contributed by atoms with Crippen LogP contribution in [0.1, 0.15) is 45.4 Å². The molecule has 1 rings (SSSR count). The van der Waals surface area contributed by atoms with Crippen molar-refractivity contribution in [2.45, 2.75) is 51.5 Å². The molecule has 3 nitrogen and oxygen atoms in total. The smallest absolute Gasteiger partial charge is 0.217 e. The van der Waals surface area contributed by atoms with E-state index in [1.807, 2.05) is 0 Å². The van der Waals surface area contributed by atoms with E-state index in [4.69, 9.17) is 5.73 Å². The molecule has 0 aliphatic heterocycles. The molecule has 3 N–H and O–H groups in total. The highest BCUT2D eigenvalue weighted by molar-refractivity contribution is 5.73. The third-order valence-corrected chi connectivity index (χ3v) is 2.97. The summed E-state index contributed by atoms with van der Waals surface area (Å²) in [5, 5.41) is 3.50. The standard InChI is InChI=1S/C11H22N2O/c1-9-4-2-5-10(8-9)13-7-3-6-11(12)14/h9-10,13H,2-8H2,1H3,(H2,12,14). The molecule has 1 fully saturated rings. The minimum Gasteiger partial charge on any atom is -0.370 e. The monoisotopic (exact) mass is 198 g/mol. The largest absolute Gasteiger partial charge is 0.370 e. The summed E-state index contributed by atoms with van der Waals surface area (Å²) in [6, 6.07) is 0.673. The molecule has 0 radical (unpaired) electrons. The van der Waals surface area contributed by atoms with Crippen LogP contribution in [0.4, 0.5) is 0 Å². The zero-order chi connectivity index (χ0) is 10.4. The zero-order valence-corrected chi connectivity index (χ0v) is 9.09. The van der Waals surface area contributed by atoms with Crippen LogP contribution in [0.3, 0.4) is 0 Å². The van der Waals surface area contributed by atoms with Crippen LogP contribution in [0.2, 0.25) is 0 Å². The SMILES string of the molecule is CC1CCCC(NCCCC(N)=O)C1. The molecule has 1 amide bonds. The van der Waals surface area contributed by atoms with Gasteiger partial charge >= 0.3 is 0 Å². The van der Waals surface area contributed by atoms with E-state index in [9.17, 15) is 4.79 Å². The lowest BCUT2D eigenvalue weighted by Crippen LogP contribution is -2.34. The lowest BCUT2D eigenvalue weighted by atomic mass is 9.87. The summed E-state index contributed by atoms with van der Waals surface area (Å²) >= 11 is 0. The average molecular weight is 198 g/mol. The van der Waals surface area contributed by atoms with Gasteiger partial charge in [-0.15, -0.1) is 0 Å². The summed E-state index contributed by atoms with van der Waals surface area (Å²) in [7, 11) is 0. The molecule has 0 aromatic heterocycles. The van der Waals surface area contributed by atoms with E-state index < -0.39 is 0 Å². The molecule has 2 atom stereocenters. The molecular weight excluding hydrogens is 176 g/mol. The first-order valence-corrected chi connectivity index (χ1v) is 5.70. The molecule has 1 aliphatic carbocycles.